The molecule has 0 atom stereocenters. The molecule has 116 valence electrons. The second-order valence-electron chi connectivity index (χ2n) is 5.55. The van der Waals surface area contributed by atoms with Gasteiger partial charge in [0.2, 0.25) is 5.91 Å². The Balaban J connectivity index is 2.16. The number of carbonyl (C=O) groups excluding carboxylic acids is 1. The third-order valence-corrected chi connectivity index (χ3v) is 3.17. The Labute approximate surface area is 128 Å². The molecule has 0 fully saturated rings. The van der Waals surface area contributed by atoms with Gasteiger partial charge in [-0.05, 0) is 42.9 Å². The number of unbranched alkanes of at least 4 members (excludes halogenated alkanes) is 2. The Morgan fingerprint density at radius 1 is 1.33 bits per heavy atom. The van der Waals surface area contributed by atoms with Crippen LogP contribution in [0.25, 0.3) is 0 Å². The lowest BCUT2D eigenvalue weighted by Crippen LogP contribution is -2.22. The van der Waals surface area contributed by atoms with Gasteiger partial charge in [-0.3, -0.25) is 4.79 Å². The van der Waals surface area contributed by atoms with Crippen molar-refractivity contribution in [3.8, 4) is 5.75 Å². The van der Waals surface area contributed by atoms with Crippen LogP contribution in [0.15, 0.2) is 36.4 Å². The normalized spacial score (nSPS) is 11.0. The Morgan fingerprint density at radius 3 is 2.86 bits per heavy atom. The molecule has 21 heavy (non-hydrogen) atoms. The van der Waals surface area contributed by atoms with Gasteiger partial charge in [0.15, 0.2) is 0 Å². The molecule has 1 aromatic rings. The van der Waals surface area contributed by atoms with E-state index in [9.17, 15) is 4.79 Å². The molecule has 0 saturated heterocycles. The number of methoxy groups -OCH3 is 1. The van der Waals surface area contributed by atoms with E-state index in [1.165, 1.54) is 0 Å². The smallest absolute Gasteiger partial charge is 0.220 e. The van der Waals surface area contributed by atoms with Crippen molar-refractivity contribution in [1.29, 1.82) is 0 Å². The number of hydrogen-bond donors (Lipinski definition) is 1. The quantitative estimate of drug-likeness (QED) is 0.549. The van der Waals surface area contributed by atoms with Crippen molar-refractivity contribution in [3.05, 3.63) is 42.0 Å². The van der Waals surface area contributed by atoms with Crippen LogP contribution in [0.4, 0.5) is 0 Å². The van der Waals surface area contributed by atoms with Gasteiger partial charge in [0, 0.05) is 13.0 Å². The van der Waals surface area contributed by atoms with Gasteiger partial charge in [-0.15, -0.1) is 0 Å². The van der Waals surface area contributed by atoms with Gasteiger partial charge in [0.25, 0.3) is 0 Å². The van der Waals surface area contributed by atoms with Crippen LogP contribution in [-0.2, 0) is 11.3 Å². The number of rotatable bonds is 9. The number of benzene rings is 1. The zero-order valence-corrected chi connectivity index (χ0v) is 13.4. The van der Waals surface area contributed by atoms with Crippen LogP contribution in [0.1, 0.15) is 45.1 Å². The molecule has 0 saturated carbocycles. The van der Waals surface area contributed by atoms with Crippen LogP contribution in [0.2, 0.25) is 0 Å². The Morgan fingerprint density at radius 2 is 2.14 bits per heavy atom. The summed E-state index contributed by atoms with van der Waals surface area (Å²) in [6.07, 6.45) is 8.07. The van der Waals surface area contributed by atoms with Crippen LogP contribution in [0.5, 0.6) is 5.75 Å². The van der Waals surface area contributed by atoms with E-state index in [1.807, 2.05) is 24.3 Å². The van der Waals surface area contributed by atoms with Crippen molar-refractivity contribution in [3.63, 3.8) is 0 Å². The van der Waals surface area contributed by atoms with Crippen LogP contribution in [0.3, 0.4) is 0 Å². The fourth-order valence-corrected chi connectivity index (χ4v) is 1.99. The molecule has 0 aromatic heterocycles. The number of ether oxygens (including phenoxy) is 1. The van der Waals surface area contributed by atoms with Crippen molar-refractivity contribution in [2.24, 2.45) is 5.92 Å². The van der Waals surface area contributed by atoms with Crippen molar-refractivity contribution >= 4 is 5.91 Å². The topological polar surface area (TPSA) is 38.3 Å². The Hall–Kier alpha value is -1.77. The van der Waals surface area contributed by atoms with Gasteiger partial charge in [-0.2, -0.15) is 0 Å². The summed E-state index contributed by atoms with van der Waals surface area (Å²) in [5.74, 6) is 1.54. The standard InChI is InChI=1S/C18H27NO2/c1-15(2)9-6-4-5-7-12-18(20)19-14-16-10-8-11-17(13-16)21-3/h6,8-11,13,15H,4-5,7,12,14H2,1-3H3,(H,19,20)/b9-6+. The van der Waals surface area contributed by atoms with E-state index >= 15 is 0 Å². The fraction of sp³-hybridized carbons (Fsp3) is 0.500. The third-order valence-electron chi connectivity index (χ3n) is 3.17. The summed E-state index contributed by atoms with van der Waals surface area (Å²) in [4.78, 5) is 11.8. The summed E-state index contributed by atoms with van der Waals surface area (Å²) < 4.78 is 5.16. The first-order chi connectivity index (χ1) is 10.1. The number of amides is 1. The highest BCUT2D eigenvalue weighted by Gasteiger charge is 2.01. The summed E-state index contributed by atoms with van der Waals surface area (Å²) in [5, 5.41) is 2.95. The third kappa shape index (κ3) is 8.18. The predicted molar refractivity (Wildman–Crippen MR) is 87.3 cm³/mol. The minimum Gasteiger partial charge on any atom is -0.497 e. The number of carbonyl (C=O) groups is 1. The van der Waals surface area contributed by atoms with Crippen molar-refractivity contribution in [1.82, 2.24) is 5.32 Å². The highest BCUT2D eigenvalue weighted by Crippen LogP contribution is 2.12. The van der Waals surface area contributed by atoms with Gasteiger partial charge in [-0.1, -0.05) is 38.1 Å². The molecule has 1 amide bonds. The lowest BCUT2D eigenvalue weighted by Gasteiger charge is -2.06. The maximum atomic E-state index is 11.8. The molecule has 1 rings (SSSR count). The first-order valence-corrected chi connectivity index (χ1v) is 7.68. The minimum absolute atomic E-state index is 0.116. The highest BCUT2D eigenvalue weighted by molar-refractivity contribution is 5.75. The number of nitrogens with one attached hydrogen (secondary N) is 1. The minimum atomic E-state index is 0.116. The van der Waals surface area contributed by atoms with Gasteiger partial charge < -0.3 is 10.1 Å². The van der Waals surface area contributed by atoms with Crippen LogP contribution >= 0.6 is 0 Å². The summed E-state index contributed by atoms with van der Waals surface area (Å²) >= 11 is 0. The van der Waals surface area contributed by atoms with Crippen molar-refractivity contribution in [2.75, 3.05) is 7.11 Å². The van der Waals surface area contributed by atoms with Crippen molar-refractivity contribution in [2.45, 2.75) is 46.1 Å². The van der Waals surface area contributed by atoms with E-state index in [0.717, 1.165) is 30.6 Å². The summed E-state index contributed by atoms with van der Waals surface area (Å²) in [6, 6.07) is 7.76. The SMILES string of the molecule is COc1cccc(CNC(=O)CCCC/C=C/C(C)C)c1. The second-order valence-corrected chi connectivity index (χ2v) is 5.55. The first kappa shape index (κ1) is 17.3. The highest BCUT2D eigenvalue weighted by atomic mass is 16.5. The van der Waals surface area contributed by atoms with Gasteiger partial charge >= 0.3 is 0 Å². The van der Waals surface area contributed by atoms with E-state index in [-0.39, 0.29) is 5.91 Å². The Bertz CT molecular complexity index is 452. The molecule has 0 spiro atoms. The average molecular weight is 289 g/mol. The van der Waals surface area contributed by atoms with E-state index in [4.69, 9.17) is 4.74 Å². The molecule has 0 aliphatic carbocycles. The van der Waals surface area contributed by atoms with Crippen LogP contribution in [0, 0.1) is 5.92 Å². The van der Waals surface area contributed by atoms with E-state index in [0.29, 0.717) is 18.9 Å². The molecule has 1 N–H and O–H groups in total. The maximum absolute atomic E-state index is 11.8. The molecular formula is C18H27NO2. The van der Waals surface area contributed by atoms with E-state index < -0.39 is 0 Å². The zero-order valence-electron chi connectivity index (χ0n) is 13.4. The second kappa shape index (κ2) is 10.0. The van der Waals surface area contributed by atoms with Crippen molar-refractivity contribution < 1.29 is 9.53 Å². The Kier molecular flexibility index (Phi) is 8.25. The van der Waals surface area contributed by atoms with Gasteiger partial charge in [0.05, 0.1) is 7.11 Å². The first-order valence-electron chi connectivity index (χ1n) is 7.68. The summed E-state index contributed by atoms with van der Waals surface area (Å²) in [5.41, 5.74) is 1.06. The summed E-state index contributed by atoms with van der Waals surface area (Å²) in [7, 11) is 1.64. The molecule has 3 heteroatoms. The zero-order chi connectivity index (χ0) is 15.5. The molecule has 0 aliphatic heterocycles. The fourth-order valence-electron chi connectivity index (χ4n) is 1.99. The average Bonchev–Trinajstić information content (AvgIpc) is 2.48. The number of hydrogen-bond acceptors (Lipinski definition) is 2. The molecule has 3 nitrogen and oxygen atoms in total. The molecule has 0 radical (unpaired) electrons. The summed E-state index contributed by atoms with van der Waals surface area (Å²) in [6.45, 7) is 4.90. The molecule has 0 heterocycles. The lowest BCUT2D eigenvalue weighted by atomic mass is 10.1. The molecular weight excluding hydrogens is 262 g/mol. The molecule has 0 bridgehead atoms. The van der Waals surface area contributed by atoms with E-state index in [2.05, 4.69) is 31.3 Å². The monoisotopic (exact) mass is 289 g/mol. The number of allylic oxidation sites excluding steroid dienone is 2. The van der Waals surface area contributed by atoms with Gasteiger partial charge in [-0.25, -0.2) is 0 Å². The van der Waals surface area contributed by atoms with Crippen LogP contribution < -0.4 is 10.1 Å². The maximum Gasteiger partial charge on any atom is 0.220 e. The lowest BCUT2D eigenvalue weighted by molar-refractivity contribution is -0.121. The molecule has 0 unspecified atom stereocenters. The van der Waals surface area contributed by atoms with Crippen LogP contribution in [-0.4, -0.2) is 13.0 Å². The largest absolute Gasteiger partial charge is 0.497 e. The van der Waals surface area contributed by atoms with Gasteiger partial charge in [0.1, 0.15) is 5.75 Å². The van der Waals surface area contributed by atoms with E-state index in [1.54, 1.807) is 7.11 Å². The predicted octanol–water partition coefficient (Wildman–Crippen LogP) is 4.08. The molecule has 0 aliphatic rings. The molecule has 1 aromatic carbocycles.